The molecule has 1 amide bonds. The maximum absolute atomic E-state index is 12.9. The number of nitrogens with zero attached hydrogens (tertiary/aromatic N) is 4. The lowest BCUT2D eigenvalue weighted by Gasteiger charge is -2.57. The topological polar surface area (TPSA) is 49.3 Å². The number of hydrogen-bond acceptors (Lipinski definition) is 4. The van der Waals surface area contributed by atoms with Gasteiger partial charge in [0.2, 0.25) is 5.91 Å². The summed E-state index contributed by atoms with van der Waals surface area (Å²) in [4.78, 5) is 25.7. The highest BCUT2D eigenvalue weighted by molar-refractivity contribution is 5.88. The predicted molar refractivity (Wildman–Crippen MR) is 105 cm³/mol. The van der Waals surface area contributed by atoms with Gasteiger partial charge in [-0.3, -0.25) is 9.78 Å². The second-order valence-corrected chi connectivity index (χ2v) is 9.40. The lowest BCUT2D eigenvalue weighted by atomic mass is 9.48. The van der Waals surface area contributed by atoms with Crippen molar-refractivity contribution in [2.75, 3.05) is 31.1 Å². The first-order valence-corrected chi connectivity index (χ1v) is 10.6. The minimum absolute atomic E-state index is 0.210. The van der Waals surface area contributed by atoms with E-state index in [1.54, 1.807) is 18.6 Å². The van der Waals surface area contributed by atoms with Crippen LogP contribution in [0.4, 0.5) is 5.82 Å². The van der Waals surface area contributed by atoms with Gasteiger partial charge in [0.25, 0.3) is 0 Å². The van der Waals surface area contributed by atoms with Crippen molar-refractivity contribution in [1.29, 1.82) is 0 Å². The summed E-state index contributed by atoms with van der Waals surface area (Å²) in [6, 6.07) is 0. The molecule has 5 heteroatoms. The van der Waals surface area contributed by atoms with E-state index in [9.17, 15) is 4.79 Å². The van der Waals surface area contributed by atoms with Crippen molar-refractivity contribution < 1.29 is 4.79 Å². The lowest BCUT2D eigenvalue weighted by Crippen LogP contribution is -2.49. The Morgan fingerprint density at radius 1 is 1.04 bits per heavy atom. The first-order chi connectivity index (χ1) is 13.1. The number of amides is 1. The van der Waals surface area contributed by atoms with Gasteiger partial charge in [-0.25, -0.2) is 4.98 Å². The van der Waals surface area contributed by atoms with Crippen LogP contribution in [0, 0.1) is 23.2 Å². The molecular formula is C22H30N4O. The van der Waals surface area contributed by atoms with E-state index in [1.165, 1.54) is 44.1 Å². The number of carbonyl (C=O) groups excluding carboxylic acids is 1. The van der Waals surface area contributed by atoms with E-state index in [0.717, 1.165) is 49.8 Å². The quantitative estimate of drug-likeness (QED) is 0.770. The highest BCUT2D eigenvalue weighted by atomic mass is 16.2. The number of piperazine rings is 1. The van der Waals surface area contributed by atoms with Crippen LogP contribution in [-0.2, 0) is 4.79 Å². The first-order valence-electron chi connectivity index (χ1n) is 10.6. The van der Waals surface area contributed by atoms with Gasteiger partial charge in [0.05, 0.1) is 6.20 Å². The summed E-state index contributed by atoms with van der Waals surface area (Å²) < 4.78 is 0. The van der Waals surface area contributed by atoms with Gasteiger partial charge >= 0.3 is 0 Å². The Balaban J connectivity index is 1.24. The highest BCUT2D eigenvalue weighted by Crippen LogP contribution is 2.62. The molecule has 2 heterocycles. The van der Waals surface area contributed by atoms with Crippen LogP contribution in [-0.4, -0.2) is 47.0 Å². The third-order valence-corrected chi connectivity index (χ3v) is 7.68. The van der Waals surface area contributed by atoms with E-state index < -0.39 is 0 Å². The van der Waals surface area contributed by atoms with Crippen LogP contribution >= 0.6 is 0 Å². The number of anilines is 1. The Bertz CT molecular complexity index is 701. The molecule has 5 nitrogen and oxygen atoms in total. The fraction of sp³-hybridized carbons (Fsp3) is 0.682. The van der Waals surface area contributed by atoms with Crippen molar-refractivity contribution in [3.63, 3.8) is 0 Å². The zero-order valence-corrected chi connectivity index (χ0v) is 16.3. The maximum atomic E-state index is 12.9. The monoisotopic (exact) mass is 366 g/mol. The summed E-state index contributed by atoms with van der Waals surface area (Å²) in [7, 11) is 0. The minimum atomic E-state index is 0.210. The van der Waals surface area contributed by atoms with E-state index >= 15 is 0 Å². The second-order valence-electron chi connectivity index (χ2n) is 9.40. The average molecular weight is 367 g/mol. The van der Waals surface area contributed by atoms with Crippen LogP contribution in [0.2, 0.25) is 0 Å². The molecule has 1 saturated heterocycles. The number of allylic oxidation sites excluding steroid dienone is 1. The molecule has 1 aliphatic heterocycles. The number of hydrogen-bond donors (Lipinski definition) is 0. The zero-order chi connectivity index (χ0) is 18.4. The number of rotatable bonds is 3. The Labute approximate surface area is 161 Å². The normalized spacial score (nSPS) is 35.6. The van der Waals surface area contributed by atoms with Gasteiger partial charge in [0, 0.05) is 44.6 Å². The Morgan fingerprint density at radius 3 is 2.22 bits per heavy atom. The molecule has 27 heavy (non-hydrogen) atoms. The summed E-state index contributed by atoms with van der Waals surface area (Å²) in [6.07, 6.45) is 15.5. The molecule has 5 aliphatic rings. The summed E-state index contributed by atoms with van der Waals surface area (Å²) in [5.74, 6) is 3.88. The van der Waals surface area contributed by atoms with Crippen molar-refractivity contribution in [3.8, 4) is 0 Å². The second kappa shape index (κ2) is 6.61. The molecule has 1 aromatic heterocycles. The lowest BCUT2D eigenvalue weighted by molar-refractivity contribution is -0.126. The van der Waals surface area contributed by atoms with Crippen LogP contribution in [0.15, 0.2) is 30.2 Å². The summed E-state index contributed by atoms with van der Waals surface area (Å²) in [6.45, 7) is 5.42. The van der Waals surface area contributed by atoms with Crippen LogP contribution < -0.4 is 4.90 Å². The molecule has 4 bridgehead atoms. The Morgan fingerprint density at radius 2 is 1.67 bits per heavy atom. The zero-order valence-electron chi connectivity index (χ0n) is 16.3. The molecule has 0 radical (unpaired) electrons. The van der Waals surface area contributed by atoms with Gasteiger partial charge in [-0.05, 0) is 68.6 Å². The highest BCUT2D eigenvalue weighted by Gasteiger charge is 2.51. The van der Waals surface area contributed by atoms with Gasteiger partial charge in [0.1, 0.15) is 5.82 Å². The standard InChI is InChI=1S/C22H30N4O/c1-16(22-12-17-9-18(13-22)11-19(10-17)14-22)8-21(27)26-6-4-25(5-7-26)20-15-23-2-3-24-20/h2-3,8,15,17-19H,4-7,9-14H2,1H3/b16-8-. The van der Waals surface area contributed by atoms with Crippen LogP contribution in [0.25, 0.3) is 0 Å². The Kier molecular flexibility index (Phi) is 4.21. The van der Waals surface area contributed by atoms with Crippen molar-refractivity contribution >= 4 is 11.7 Å². The van der Waals surface area contributed by atoms with E-state index in [0.29, 0.717) is 5.41 Å². The van der Waals surface area contributed by atoms with E-state index in [4.69, 9.17) is 0 Å². The fourth-order valence-electron chi connectivity index (χ4n) is 6.63. The molecule has 0 spiro atoms. The summed E-state index contributed by atoms with van der Waals surface area (Å²) >= 11 is 0. The molecule has 144 valence electrons. The number of carbonyl (C=O) groups is 1. The third-order valence-electron chi connectivity index (χ3n) is 7.68. The van der Waals surface area contributed by atoms with Gasteiger partial charge in [-0.2, -0.15) is 0 Å². The largest absolute Gasteiger partial charge is 0.352 e. The smallest absolute Gasteiger partial charge is 0.246 e. The molecule has 0 aromatic carbocycles. The van der Waals surface area contributed by atoms with Crippen molar-refractivity contribution in [2.45, 2.75) is 45.4 Å². The first kappa shape index (κ1) is 17.2. The van der Waals surface area contributed by atoms with Crippen molar-refractivity contribution in [2.24, 2.45) is 23.2 Å². The van der Waals surface area contributed by atoms with Crippen molar-refractivity contribution in [1.82, 2.24) is 14.9 Å². The van der Waals surface area contributed by atoms with Gasteiger partial charge < -0.3 is 9.80 Å². The summed E-state index contributed by atoms with van der Waals surface area (Å²) in [5, 5.41) is 0. The molecule has 5 fully saturated rings. The van der Waals surface area contributed by atoms with E-state index in [1.807, 2.05) is 11.0 Å². The summed E-state index contributed by atoms with van der Waals surface area (Å²) in [5.41, 5.74) is 1.70. The molecule has 0 N–H and O–H groups in total. The number of aromatic nitrogens is 2. The fourth-order valence-corrected chi connectivity index (χ4v) is 6.63. The molecular weight excluding hydrogens is 336 g/mol. The molecule has 0 unspecified atom stereocenters. The third kappa shape index (κ3) is 3.15. The molecule has 0 atom stereocenters. The van der Waals surface area contributed by atoms with Gasteiger partial charge in [-0.1, -0.05) is 5.57 Å². The van der Waals surface area contributed by atoms with Crippen LogP contribution in [0.1, 0.15) is 45.4 Å². The van der Waals surface area contributed by atoms with Crippen molar-refractivity contribution in [3.05, 3.63) is 30.2 Å². The maximum Gasteiger partial charge on any atom is 0.246 e. The molecule has 6 rings (SSSR count). The van der Waals surface area contributed by atoms with Gasteiger partial charge in [0.15, 0.2) is 0 Å². The average Bonchev–Trinajstić information content (AvgIpc) is 2.68. The van der Waals surface area contributed by atoms with Gasteiger partial charge in [-0.15, -0.1) is 0 Å². The molecule has 4 aliphatic carbocycles. The Hall–Kier alpha value is -1.91. The SMILES string of the molecule is C/C(=C/C(=O)N1CCN(c2cnccn2)CC1)C12CC3CC(CC(C3)C1)C2. The molecule has 4 saturated carbocycles. The predicted octanol–water partition coefficient (Wildman–Crippen LogP) is 3.29. The van der Waals surface area contributed by atoms with E-state index in [2.05, 4.69) is 21.8 Å². The van der Waals surface area contributed by atoms with Crippen LogP contribution in [0.3, 0.4) is 0 Å². The molecule has 1 aromatic rings. The van der Waals surface area contributed by atoms with E-state index in [-0.39, 0.29) is 5.91 Å². The minimum Gasteiger partial charge on any atom is -0.352 e. The van der Waals surface area contributed by atoms with Crippen LogP contribution in [0.5, 0.6) is 0 Å².